The van der Waals surface area contributed by atoms with E-state index in [2.05, 4.69) is 58.9 Å². The van der Waals surface area contributed by atoms with Crippen LogP contribution in [0.25, 0.3) is 0 Å². The van der Waals surface area contributed by atoms with Gasteiger partial charge in [-0.1, -0.05) is 85.6 Å². The Morgan fingerprint density at radius 1 is 1.00 bits per heavy atom. The summed E-state index contributed by atoms with van der Waals surface area (Å²) >= 11 is 0. The maximum atomic E-state index is 2.33. The largest absolute Gasteiger partial charge is 0.0776 e. The Labute approximate surface area is 140 Å². The van der Waals surface area contributed by atoms with Gasteiger partial charge < -0.3 is 0 Å². The summed E-state index contributed by atoms with van der Waals surface area (Å²) in [5.74, 6) is 2.69. The minimum absolute atomic E-state index is 0. The Hall–Kier alpha value is -0.780. The smallest absolute Gasteiger partial charge is 0.0247 e. The van der Waals surface area contributed by atoms with Crippen LogP contribution in [0, 0.1) is 17.8 Å². The van der Waals surface area contributed by atoms with Gasteiger partial charge >= 0.3 is 0 Å². The minimum atomic E-state index is 0. The number of unbranched alkanes of at least 4 members (excludes halogenated alkanes) is 1. The lowest BCUT2D eigenvalue weighted by Crippen LogP contribution is -2.15. The fourth-order valence-corrected chi connectivity index (χ4v) is 3.25. The molecule has 0 heteroatoms. The maximum absolute atomic E-state index is 2.33. The van der Waals surface area contributed by atoms with Crippen LogP contribution in [0.5, 0.6) is 0 Å². The zero-order valence-electron chi connectivity index (χ0n) is 15.0. The molecule has 1 aliphatic rings. The van der Waals surface area contributed by atoms with Crippen molar-refractivity contribution in [1.29, 1.82) is 0 Å². The summed E-state index contributed by atoms with van der Waals surface area (Å²) in [5, 5.41) is 0. The van der Waals surface area contributed by atoms with E-state index in [1.54, 1.807) is 11.1 Å². The third-order valence-electron chi connectivity index (χ3n) is 4.39. The van der Waals surface area contributed by atoms with Gasteiger partial charge in [-0.25, -0.2) is 0 Å². The Balaban J connectivity index is 0.000000478. The molecule has 0 amide bonds. The molecule has 0 spiro atoms. The van der Waals surface area contributed by atoms with Gasteiger partial charge in [-0.15, -0.1) is 0 Å². The summed E-state index contributed by atoms with van der Waals surface area (Å²) in [6.07, 6.45) is 9.55. The summed E-state index contributed by atoms with van der Waals surface area (Å²) in [7, 11) is 0. The fourth-order valence-electron chi connectivity index (χ4n) is 3.25. The molecule has 1 aromatic rings. The van der Waals surface area contributed by atoms with Crippen molar-refractivity contribution >= 4 is 0 Å². The molecule has 0 saturated carbocycles. The number of benzene rings is 1. The highest BCUT2D eigenvalue weighted by Crippen LogP contribution is 2.29. The van der Waals surface area contributed by atoms with Crippen LogP contribution in [0.3, 0.4) is 0 Å². The lowest BCUT2D eigenvalue weighted by molar-refractivity contribution is 0.370. The van der Waals surface area contributed by atoms with Gasteiger partial charge in [0.05, 0.1) is 0 Å². The summed E-state index contributed by atoms with van der Waals surface area (Å²) in [5.41, 5.74) is 3.19. The van der Waals surface area contributed by atoms with Gasteiger partial charge in [0, 0.05) is 0 Å². The third-order valence-corrected chi connectivity index (χ3v) is 4.39. The van der Waals surface area contributed by atoms with Crippen molar-refractivity contribution < 1.29 is 0 Å². The molecule has 2 rings (SSSR count). The number of hydrogen-bond acceptors (Lipinski definition) is 0. The van der Waals surface area contributed by atoms with Crippen molar-refractivity contribution in [2.24, 2.45) is 17.8 Å². The summed E-state index contributed by atoms with van der Waals surface area (Å²) in [6, 6.07) is 8.95. The zero-order valence-corrected chi connectivity index (χ0v) is 15.0. The van der Waals surface area contributed by atoms with Crippen LogP contribution in [-0.2, 0) is 12.8 Å². The van der Waals surface area contributed by atoms with E-state index in [0.717, 1.165) is 17.8 Å². The van der Waals surface area contributed by atoms with E-state index >= 15 is 0 Å². The molecule has 1 atom stereocenters. The van der Waals surface area contributed by atoms with E-state index in [4.69, 9.17) is 0 Å². The highest BCUT2D eigenvalue weighted by Gasteiger charge is 2.18. The first-order valence-corrected chi connectivity index (χ1v) is 9.09. The fraction of sp³-hybridized carbons (Fsp3) is 0.727. The topological polar surface area (TPSA) is 0 Å². The van der Waals surface area contributed by atoms with Crippen LogP contribution in [0.4, 0.5) is 0 Å². The summed E-state index contributed by atoms with van der Waals surface area (Å²) in [6.45, 7) is 11.5. The molecule has 0 N–H and O–H groups in total. The molecule has 0 bridgehead atoms. The molecule has 0 fully saturated rings. The average molecular weight is 305 g/mol. The SMILES string of the molecule is C.CC(C)CC1CCc2ccccc2C1.CCCCC(C)C. The molecule has 1 unspecified atom stereocenters. The lowest BCUT2D eigenvalue weighted by Gasteiger charge is -2.25. The predicted molar refractivity (Wildman–Crippen MR) is 103 cm³/mol. The highest BCUT2D eigenvalue weighted by atomic mass is 14.2. The van der Waals surface area contributed by atoms with Crippen LogP contribution >= 0.6 is 0 Å². The minimum Gasteiger partial charge on any atom is -0.0776 e. The lowest BCUT2D eigenvalue weighted by atomic mass is 9.80. The van der Waals surface area contributed by atoms with E-state index in [0.29, 0.717) is 0 Å². The quantitative estimate of drug-likeness (QED) is 0.535. The van der Waals surface area contributed by atoms with Crippen molar-refractivity contribution in [3.63, 3.8) is 0 Å². The molecule has 1 aromatic carbocycles. The van der Waals surface area contributed by atoms with Crippen LogP contribution in [0.2, 0.25) is 0 Å². The third kappa shape index (κ3) is 8.61. The van der Waals surface area contributed by atoms with E-state index in [1.165, 1.54) is 44.9 Å². The molecule has 0 aromatic heterocycles. The van der Waals surface area contributed by atoms with E-state index < -0.39 is 0 Å². The molecular formula is C22H40. The Morgan fingerprint density at radius 2 is 1.64 bits per heavy atom. The zero-order chi connectivity index (χ0) is 15.7. The van der Waals surface area contributed by atoms with Gasteiger partial charge in [-0.3, -0.25) is 0 Å². The number of rotatable bonds is 5. The first-order valence-electron chi connectivity index (χ1n) is 9.09. The molecule has 0 saturated heterocycles. The van der Waals surface area contributed by atoms with E-state index in [1.807, 2.05) is 0 Å². The molecule has 0 heterocycles. The predicted octanol–water partition coefficient (Wildman–Crippen LogP) is 7.31. The second kappa shape index (κ2) is 11.7. The first kappa shape index (κ1) is 21.2. The molecular weight excluding hydrogens is 264 g/mol. The van der Waals surface area contributed by atoms with Gasteiger partial charge in [-0.2, -0.15) is 0 Å². The van der Waals surface area contributed by atoms with E-state index in [9.17, 15) is 0 Å². The van der Waals surface area contributed by atoms with Gasteiger partial charge in [0.2, 0.25) is 0 Å². The van der Waals surface area contributed by atoms with Crippen molar-refractivity contribution in [2.45, 2.75) is 87.0 Å². The Bertz CT molecular complexity index is 375. The Kier molecular flexibility index (Phi) is 11.3. The highest BCUT2D eigenvalue weighted by molar-refractivity contribution is 5.29. The van der Waals surface area contributed by atoms with Crippen molar-refractivity contribution in [1.82, 2.24) is 0 Å². The Morgan fingerprint density at radius 3 is 2.14 bits per heavy atom. The molecule has 0 aliphatic heterocycles. The number of hydrogen-bond donors (Lipinski definition) is 0. The normalized spacial score (nSPS) is 16.6. The molecule has 0 nitrogen and oxygen atoms in total. The average Bonchev–Trinajstić information content (AvgIpc) is 2.45. The van der Waals surface area contributed by atoms with Crippen LogP contribution in [-0.4, -0.2) is 0 Å². The second-order valence-electron chi connectivity index (χ2n) is 7.54. The van der Waals surface area contributed by atoms with Crippen molar-refractivity contribution in [2.75, 3.05) is 0 Å². The van der Waals surface area contributed by atoms with Gasteiger partial charge in [0.25, 0.3) is 0 Å². The first-order chi connectivity index (χ1) is 10.0. The van der Waals surface area contributed by atoms with Crippen molar-refractivity contribution in [3.05, 3.63) is 35.4 Å². The number of fused-ring (bicyclic) bond motifs is 1. The monoisotopic (exact) mass is 304 g/mol. The standard InChI is InChI=1S/C14H20.C7H16.CH4/c1-11(2)9-12-7-8-13-5-3-4-6-14(13)10-12;1-4-5-6-7(2)3;/h3-6,11-12H,7-10H2,1-2H3;7H,4-6H2,1-3H3;1H4. The second-order valence-corrected chi connectivity index (χ2v) is 7.54. The molecule has 22 heavy (non-hydrogen) atoms. The van der Waals surface area contributed by atoms with E-state index in [-0.39, 0.29) is 7.43 Å². The maximum Gasteiger partial charge on any atom is -0.0247 e. The molecule has 1 aliphatic carbocycles. The van der Waals surface area contributed by atoms with Gasteiger partial charge in [0.15, 0.2) is 0 Å². The summed E-state index contributed by atoms with van der Waals surface area (Å²) in [4.78, 5) is 0. The number of aryl methyl sites for hydroxylation is 1. The van der Waals surface area contributed by atoms with Gasteiger partial charge in [-0.05, 0) is 54.6 Å². The van der Waals surface area contributed by atoms with Crippen LogP contribution < -0.4 is 0 Å². The molecule has 128 valence electrons. The van der Waals surface area contributed by atoms with Crippen molar-refractivity contribution in [3.8, 4) is 0 Å². The van der Waals surface area contributed by atoms with Crippen LogP contribution in [0.15, 0.2) is 24.3 Å². The molecule has 0 radical (unpaired) electrons. The van der Waals surface area contributed by atoms with Crippen LogP contribution in [0.1, 0.15) is 85.3 Å². The van der Waals surface area contributed by atoms with Gasteiger partial charge in [0.1, 0.15) is 0 Å². The summed E-state index contributed by atoms with van der Waals surface area (Å²) < 4.78 is 0.